The number of carbonyl (C=O) groups excluding carboxylic acids is 2. The number of nitrogens with zero attached hydrogens (tertiary/aromatic N) is 3. The number of fused-ring (bicyclic) bond motifs is 1. The Morgan fingerprint density at radius 3 is 2.56 bits per heavy atom. The topological polar surface area (TPSA) is 76.5 Å². The highest BCUT2D eigenvalue weighted by atomic mass is 32.2. The monoisotopic (exact) mass is 548 g/mol. The second-order valence-electron chi connectivity index (χ2n) is 11.3. The minimum atomic E-state index is -0.327. The first-order valence-electron chi connectivity index (χ1n) is 13.5. The zero-order valence-electron chi connectivity index (χ0n) is 24.3. The first-order valence-corrected chi connectivity index (χ1v) is 14.6. The van der Waals surface area contributed by atoms with Crippen molar-refractivity contribution < 1.29 is 14.3 Å². The number of carbonyl (C=O) groups is 2. The number of amides is 2. The molecular formula is C31H40N4O3S. The van der Waals surface area contributed by atoms with E-state index in [1.54, 1.807) is 23.8 Å². The Hall–Kier alpha value is -3.26. The number of hydrogen-bond donors (Lipinski definition) is 1. The van der Waals surface area contributed by atoms with Crippen molar-refractivity contribution in [2.45, 2.75) is 71.6 Å². The molecule has 0 saturated heterocycles. The van der Waals surface area contributed by atoms with Gasteiger partial charge in [0, 0.05) is 22.6 Å². The molecule has 2 heterocycles. The van der Waals surface area contributed by atoms with E-state index < -0.39 is 0 Å². The lowest BCUT2D eigenvalue weighted by Crippen LogP contribution is -2.44. The van der Waals surface area contributed by atoms with Gasteiger partial charge in [-0.25, -0.2) is 4.68 Å². The van der Waals surface area contributed by atoms with E-state index >= 15 is 0 Å². The average Bonchev–Trinajstić information content (AvgIpc) is 3.21. The van der Waals surface area contributed by atoms with E-state index in [2.05, 4.69) is 58.1 Å². The third-order valence-electron chi connectivity index (χ3n) is 7.12. The number of methoxy groups -OCH3 is 1. The summed E-state index contributed by atoms with van der Waals surface area (Å²) in [5, 5.41) is 8.03. The maximum atomic E-state index is 13.8. The maximum absolute atomic E-state index is 13.8. The Bertz CT molecular complexity index is 1370. The Balaban J connectivity index is 2.04. The van der Waals surface area contributed by atoms with Gasteiger partial charge in [-0.1, -0.05) is 63.6 Å². The van der Waals surface area contributed by atoms with Crippen molar-refractivity contribution in [2.24, 2.45) is 0 Å². The van der Waals surface area contributed by atoms with E-state index in [1.165, 1.54) is 0 Å². The zero-order valence-corrected chi connectivity index (χ0v) is 25.1. The molecule has 0 bridgehead atoms. The summed E-state index contributed by atoms with van der Waals surface area (Å²) in [7, 11) is 1.67. The number of ether oxygens (including phenoxy) is 1. The van der Waals surface area contributed by atoms with Crippen LogP contribution in [-0.2, 0) is 15.0 Å². The summed E-state index contributed by atoms with van der Waals surface area (Å²) in [4.78, 5) is 28.7. The number of hydrogen-bond acceptors (Lipinski definition) is 5. The summed E-state index contributed by atoms with van der Waals surface area (Å²) in [6, 6.07) is 14.2. The Morgan fingerprint density at radius 2 is 1.92 bits per heavy atom. The van der Waals surface area contributed by atoms with Crippen LogP contribution in [-0.4, -0.2) is 47.0 Å². The summed E-state index contributed by atoms with van der Waals surface area (Å²) < 4.78 is 7.66. The maximum Gasteiger partial charge on any atom is 0.240 e. The molecule has 0 saturated carbocycles. The van der Waals surface area contributed by atoms with Gasteiger partial charge in [0.15, 0.2) is 0 Å². The highest BCUT2D eigenvalue weighted by molar-refractivity contribution is 8.00. The summed E-state index contributed by atoms with van der Waals surface area (Å²) in [5.74, 6) is 1.33. The Morgan fingerprint density at radius 1 is 1.21 bits per heavy atom. The molecule has 1 N–H and O–H groups in total. The largest absolute Gasteiger partial charge is 0.496 e. The summed E-state index contributed by atoms with van der Waals surface area (Å²) in [6.07, 6.45) is 0.811. The minimum Gasteiger partial charge on any atom is -0.496 e. The molecule has 8 heteroatoms. The van der Waals surface area contributed by atoms with Crippen LogP contribution in [0.2, 0.25) is 0 Å². The van der Waals surface area contributed by atoms with Crippen LogP contribution < -0.4 is 15.0 Å². The molecule has 208 valence electrons. The lowest BCUT2D eigenvalue weighted by molar-refractivity contribution is -0.123. The van der Waals surface area contributed by atoms with E-state index in [1.807, 2.05) is 42.8 Å². The van der Waals surface area contributed by atoms with Crippen LogP contribution in [0.4, 0.5) is 5.82 Å². The summed E-state index contributed by atoms with van der Waals surface area (Å²) in [5.41, 5.74) is 5.57. The number of para-hydroxylation sites is 1. The number of aryl methyl sites for hydroxylation is 2. The molecule has 39 heavy (non-hydrogen) atoms. The highest BCUT2D eigenvalue weighted by Crippen LogP contribution is 2.50. The van der Waals surface area contributed by atoms with Gasteiger partial charge in [0.05, 0.1) is 29.5 Å². The fourth-order valence-electron chi connectivity index (χ4n) is 4.98. The van der Waals surface area contributed by atoms with E-state index in [4.69, 9.17) is 9.84 Å². The van der Waals surface area contributed by atoms with Gasteiger partial charge in [-0.05, 0) is 44.9 Å². The quantitative estimate of drug-likeness (QED) is 0.399. The third-order valence-corrected chi connectivity index (χ3v) is 8.36. The molecule has 2 amide bonds. The van der Waals surface area contributed by atoms with Crippen LogP contribution in [0.5, 0.6) is 5.75 Å². The molecule has 7 nitrogen and oxygen atoms in total. The van der Waals surface area contributed by atoms with Gasteiger partial charge in [-0.2, -0.15) is 5.10 Å². The van der Waals surface area contributed by atoms with Crippen LogP contribution in [0.25, 0.3) is 5.69 Å². The van der Waals surface area contributed by atoms with E-state index in [9.17, 15) is 9.59 Å². The number of thioether (sulfide) groups is 1. The number of benzene rings is 2. The van der Waals surface area contributed by atoms with Crippen molar-refractivity contribution >= 4 is 29.4 Å². The molecule has 2 atom stereocenters. The molecule has 0 fully saturated rings. The number of aromatic nitrogens is 2. The van der Waals surface area contributed by atoms with Gasteiger partial charge in [-0.3, -0.25) is 14.5 Å². The predicted molar refractivity (Wildman–Crippen MR) is 159 cm³/mol. The van der Waals surface area contributed by atoms with Crippen molar-refractivity contribution in [2.75, 3.05) is 24.3 Å². The zero-order chi connectivity index (χ0) is 28.5. The van der Waals surface area contributed by atoms with Crippen LogP contribution in [0.15, 0.2) is 42.5 Å². The van der Waals surface area contributed by atoms with Crippen molar-refractivity contribution in [3.8, 4) is 11.4 Å². The van der Waals surface area contributed by atoms with Crippen LogP contribution in [0.3, 0.4) is 0 Å². The van der Waals surface area contributed by atoms with Gasteiger partial charge in [0.2, 0.25) is 11.8 Å². The van der Waals surface area contributed by atoms with E-state index in [0.717, 1.165) is 45.8 Å². The molecule has 0 spiro atoms. The standard InChI is InChI=1S/C31H40N4O3S/c1-9-21(4)32-25(36)17-34-26(37)18-39-28(22-12-10-11-13-24(22)38-8)27-29(31(5,6)7)33-35(30(27)34)23-15-14-19(2)16-20(23)3/h10-16,21,28H,9,17-18H2,1-8H3,(H,32,36). The van der Waals surface area contributed by atoms with Crippen molar-refractivity contribution in [1.82, 2.24) is 15.1 Å². The molecule has 2 aromatic carbocycles. The van der Waals surface area contributed by atoms with Crippen LogP contribution in [0, 0.1) is 13.8 Å². The van der Waals surface area contributed by atoms with Gasteiger partial charge in [0.1, 0.15) is 18.1 Å². The van der Waals surface area contributed by atoms with Crippen molar-refractivity contribution in [1.29, 1.82) is 0 Å². The predicted octanol–water partition coefficient (Wildman–Crippen LogP) is 5.88. The normalized spacial score (nSPS) is 16.5. The molecule has 4 rings (SSSR count). The molecule has 1 aliphatic rings. The second-order valence-corrected chi connectivity index (χ2v) is 12.4. The van der Waals surface area contributed by atoms with Crippen molar-refractivity contribution in [3.63, 3.8) is 0 Å². The molecule has 0 aliphatic carbocycles. The first-order chi connectivity index (χ1) is 18.5. The van der Waals surface area contributed by atoms with Gasteiger partial charge >= 0.3 is 0 Å². The lowest BCUT2D eigenvalue weighted by Gasteiger charge is -2.25. The van der Waals surface area contributed by atoms with Crippen LogP contribution in [0.1, 0.15) is 74.2 Å². The molecule has 2 unspecified atom stereocenters. The first kappa shape index (κ1) is 28.7. The van der Waals surface area contributed by atoms with Gasteiger partial charge < -0.3 is 10.1 Å². The minimum absolute atomic E-state index is 0.0177. The van der Waals surface area contributed by atoms with E-state index in [0.29, 0.717) is 5.82 Å². The lowest BCUT2D eigenvalue weighted by atomic mass is 9.87. The van der Waals surface area contributed by atoms with E-state index in [-0.39, 0.29) is 40.8 Å². The van der Waals surface area contributed by atoms with Crippen LogP contribution >= 0.6 is 11.8 Å². The van der Waals surface area contributed by atoms with Gasteiger partial charge in [0.25, 0.3) is 0 Å². The molecule has 1 aromatic heterocycles. The Labute approximate surface area is 236 Å². The second kappa shape index (κ2) is 11.5. The van der Waals surface area contributed by atoms with Crippen molar-refractivity contribution in [3.05, 3.63) is 70.4 Å². The fourth-order valence-corrected chi connectivity index (χ4v) is 6.20. The molecule has 1 aliphatic heterocycles. The molecular weight excluding hydrogens is 508 g/mol. The third kappa shape index (κ3) is 5.86. The number of anilines is 1. The van der Waals surface area contributed by atoms with Gasteiger partial charge in [-0.15, -0.1) is 11.8 Å². The highest BCUT2D eigenvalue weighted by Gasteiger charge is 2.40. The Kier molecular flexibility index (Phi) is 8.45. The summed E-state index contributed by atoms with van der Waals surface area (Å²) in [6.45, 7) is 14.5. The average molecular weight is 549 g/mol. The summed E-state index contributed by atoms with van der Waals surface area (Å²) >= 11 is 1.56. The fraction of sp³-hybridized carbons (Fsp3) is 0.452. The SMILES string of the molecule is CCC(C)NC(=O)CN1C(=O)CSC(c2ccccc2OC)c2c(C(C)(C)C)nn(-c3ccc(C)cc3C)c21. The smallest absolute Gasteiger partial charge is 0.240 e. The molecule has 0 radical (unpaired) electrons. The number of rotatable bonds is 7. The number of nitrogens with one attached hydrogen (secondary N) is 1. The molecule has 3 aromatic rings.